The number of hydrogen-bond donors (Lipinski definition) is 0. The molecule has 0 aliphatic heterocycles. The Morgan fingerprint density at radius 2 is 2.05 bits per heavy atom. The van der Waals surface area contributed by atoms with Crippen LogP contribution in [0.15, 0.2) is 35.0 Å². The van der Waals surface area contributed by atoms with Crippen molar-refractivity contribution in [1.29, 1.82) is 0 Å². The second kappa shape index (κ2) is 5.66. The summed E-state index contributed by atoms with van der Waals surface area (Å²) < 4.78 is 39.2. The van der Waals surface area contributed by atoms with Crippen molar-refractivity contribution in [3.05, 3.63) is 51.7 Å². The summed E-state index contributed by atoms with van der Waals surface area (Å²) in [6.45, 7) is 0.382. The highest BCUT2D eigenvalue weighted by molar-refractivity contribution is 7.07. The van der Waals surface area contributed by atoms with Gasteiger partial charge in [-0.15, -0.1) is 0 Å². The van der Waals surface area contributed by atoms with Gasteiger partial charge in [0, 0.05) is 24.8 Å². The van der Waals surface area contributed by atoms with Crippen molar-refractivity contribution >= 4 is 23.3 Å². The third kappa shape index (κ3) is 3.19. The molecule has 0 radical (unpaired) electrons. The lowest BCUT2D eigenvalue weighted by atomic mass is 10.1. The van der Waals surface area contributed by atoms with E-state index in [0.717, 1.165) is 11.6 Å². The standard InChI is InChI=1S/C14H12F3NOS/c1-18(7-11-4-5-20-9-11)13-3-2-10(8-19)6-12(13)14(15,16)17/h2-6,8-9H,7H2,1H3. The molecule has 0 unspecified atom stereocenters. The molecule has 0 bridgehead atoms. The van der Waals surface area contributed by atoms with Crippen molar-refractivity contribution in [2.24, 2.45) is 0 Å². The Bertz CT molecular complexity index is 593. The highest BCUT2D eigenvalue weighted by Gasteiger charge is 2.34. The molecule has 0 saturated heterocycles. The number of hydrogen-bond acceptors (Lipinski definition) is 3. The largest absolute Gasteiger partial charge is 0.418 e. The highest BCUT2D eigenvalue weighted by atomic mass is 32.1. The van der Waals surface area contributed by atoms with Gasteiger partial charge in [-0.3, -0.25) is 4.79 Å². The molecule has 0 N–H and O–H groups in total. The van der Waals surface area contributed by atoms with Crippen molar-refractivity contribution in [2.75, 3.05) is 11.9 Å². The number of rotatable bonds is 4. The topological polar surface area (TPSA) is 20.3 Å². The summed E-state index contributed by atoms with van der Waals surface area (Å²) in [6.07, 6.45) is -4.07. The summed E-state index contributed by atoms with van der Waals surface area (Å²) in [4.78, 5) is 12.2. The molecular formula is C14H12F3NOS. The number of nitrogens with zero attached hydrogens (tertiary/aromatic N) is 1. The molecule has 0 spiro atoms. The zero-order chi connectivity index (χ0) is 14.8. The van der Waals surface area contributed by atoms with E-state index in [9.17, 15) is 18.0 Å². The first-order valence-corrected chi connectivity index (χ1v) is 6.74. The molecule has 2 rings (SSSR count). The van der Waals surface area contributed by atoms with Crippen molar-refractivity contribution in [2.45, 2.75) is 12.7 Å². The van der Waals surface area contributed by atoms with Crippen molar-refractivity contribution in [3.8, 4) is 0 Å². The van der Waals surface area contributed by atoms with E-state index in [0.29, 0.717) is 12.8 Å². The van der Waals surface area contributed by atoms with Crippen molar-refractivity contribution < 1.29 is 18.0 Å². The molecule has 1 heterocycles. The fourth-order valence-electron chi connectivity index (χ4n) is 1.93. The lowest BCUT2D eigenvalue weighted by Gasteiger charge is -2.23. The zero-order valence-corrected chi connectivity index (χ0v) is 11.5. The van der Waals surface area contributed by atoms with Crippen LogP contribution in [0.5, 0.6) is 0 Å². The predicted octanol–water partition coefficient (Wildman–Crippen LogP) is 4.22. The summed E-state index contributed by atoms with van der Waals surface area (Å²) in [6, 6.07) is 5.47. The summed E-state index contributed by atoms with van der Waals surface area (Å²) in [7, 11) is 1.60. The van der Waals surface area contributed by atoms with Gasteiger partial charge >= 0.3 is 6.18 Å². The molecule has 0 atom stereocenters. The molecule has 0 saturated carbocycles. The Morgan fingerprint density at radius 1 is 1.30 bits per heavy atom. The van der Waals surface area contributed by atoms with E-state index < -0.39 is 11.7 Å². The maximum Gasteiger partial charge on any atom is 0.418 e. The molecule has 6 heteroatoms. The van der Waals surface area contributed by atoms with E-state index in [1.165, 1.54) is 28.4 Å². The van der Waals surface area contributed by atoms with Crippen LogP contribution < -0.4 is 4.90 Å². The van der Waals surface area contributed by atoms with Crippen LogP contribution in [0, 0.1) is 0 Å². The molecule has 1 aromatic heterocycles. The first-order valence-electron chi connectivity index (χ1n) is 5.80. The summed E-state index contributed by atoms with van der Waals surface area (Å²) in [5, 5.41) is 3.77. The summed E-state index contributed by atoms with van der Waals surface area (Å²) in [5.74, 6) is 0. The molecule has 20 heavy (non-hydrogen) atoms. The first-order chi connectivity index (χ1) is 9.41. The number of alkyl halides is 3. The van der Waals surface area contributed by atoms with E-state index >= 15 is 0 Å². The van der Waals surface area contributed by atoms with E-state index in [1.54, 1.807) is 7.05 Å². The molecule has 0 fully saturated rings. The second-order valence-corrected chi connectivity index (χ2v) is 5.16. The minimum atomic E-state index is -4.49. The Morgan fingerprint density at radius 3 is 2.60 bits per heavy atom. The fraction of sp³-hybridized carbons (Fsp3) is 0.214. The third-order valence-electron chi connectivity index (χ3n) is 2.87. The predicted molar refractivity (Wildman–Crippen MR) is 73.3 cm³/mol. The molecule has 0 aliphatic rings. The quantitative estimate of drug-likeness (QED) is 0.788. The molecule has 1 aromatic carbocycles. The van der Waals surface area contributed by atoms with Gasteiger partial charge in [0.15, 0.2) is 0 Å². The highest BCUT2D eigenvalue weighted by Crippen LogP contribution is 2.37. The first kappa shape index (κ1) is 14.6. The number of carbonyl (C=O) groups is 1. The monoisotopic (exact) mass is 299 g/mol. The van der Waals surface area contributed by atoms with Crippen molar-refractivity contribution in [3.63, 3.8) is 0 Å². The van der Waals surface area contributed by atoms with Crippen LogP contribution in [0.25, 0.3) is 0 Å². The number of benzene rings is 1. The Hall–Kier alpha value is -1.82. The average molecular weight is 299 g/mol. The minimum Gasteiger partial charge on any atom is -0.370 e. The second-order valence-electron chi connectivity index (χ2n) is 4.38. The van der Waals surface area contributed by atoms with Crippen LogP contribution >= 0.6 is 11.3 Å². The Balaban J connectivity index is 2.37. The number of aldehydes is 1. The number of thiophene rings is 1. The average Bonchev–Trinajstić information content (AvgIpc) is 2.89. The maximum absolute atomic E-state index is 13.1. The SMILES string of the molecule is CN(Cc1ccsc1)c1ccc(C=O)cc1C(F)(F)F. The molecule has 2 aromatic rings. The smallest absolute Gasteiger partial charge is 0.370 e. The van der Waals surface area contributed by atoms with Crippen LogP contribution in [0.4, 0.5) is 18.9 Å². The van der Waals surface area contributed by atoms with E-state index in [4.69, 9.17) is 0 Å². The van der Waals surface area contributed by atoms with Gasteiger partial charge < -0.3 is 4.90 Å². The zero-order valence-electron chi connectivity index (χ0n) is 10.6. The van der Waals surface area contributed by atoms with Gasteiger partial charge in [0.2, 0.25) is 0 Å². The summed E-state index contributed by atoms with van der Waals surface area (Å²) >= 11 is 1.50. The van der Waals surface area contributed by atoms with Gasteiger partial charge in [0.25, 0.3) is 0 Å². The van der Waals surface area contributed by atoms with Crippen LogP contribution in [-0.4, -0.2) is 13.3 Å². The molecular weight excluding hydrogens is 287 g/mol. The van der Waals surface area contributed by atoms with Gasteiger partial charge in [-0.2, -0.15) is 24.5 Å². The van der Waals surface area contributed by atoms with Gasteiger partial charge in [0.1, 0.15) is 6.29 Å². The van der Waals surface area contributed by atoms with Gasteiger partial charge in [-0.1, -0.05) is 0 Å². The van der Waals surface area contributed by atoms with E-state index in [1.807, 2.05) is 16.8 Å². The van der Waals surface area contributed by atoms with Gasteiger partial charge in [-0.25, -0.2) is 0 Å². The van der Waals surface area contributed by atoms with Crippen LogP contribution in [0.3, 0.4) is 0 Å². The number of carbonyl (C=O) groups excluding carboxylic acids is 1. The molecule has 2 nitrogen and oxygen atoms in total. The van der Waals surface area contributed by atoms with Gasteiger partial charge in [-0.05, 0) is 40.6 Å². The number of halogens is 3. The lowest BCUT2D eigenvalue weighted by molar-refractivity contribution is -0.137. The lowest BCUT2D eigenvalue weighted by Crippen LogP contribution is -2.21. The normalized spacial score (nSPS) is 11.4. The Kier molecular flexibility index (Phi) is 4.13. The number of anilines is 1. The molecule has 0 amide bonds. The van der Waals surface area contributed by atoms with Crippen LogP contribution in [0.2, 0.25) is 0 Å². The molecule has 0 aliphatic carbocycles. The minimum absolute atomic E-state index is 0.0185. The summed E-state index contributed by atoms with van der Waals surface area (Å²) in [5.41, 5.74) is 0.240. The third-order valence-corrected chi connectivity index (χ3v) is 3.61. The van der Waals surface area contributed by atoms with Crippen molar-refractivity contribution in [1.82, 2.24) is 0 Å². The van der Waals surface area contributed by atoms with E-state index in [2.05, 4.69) is 0 Å². The Labute approximate surface area is 118 Å². The fourth-order valence-corrected chi connectivity index (χ4v) is 2.59. The maximum atomic E-state index is 13.1. The van der Waals surface area contributed by atoms with Crippen LogP contribution in [0.1, 0.15) is 21.5 Å². The molecule has 106 valence electrons. The van der Waals surface area contributed by atoms with Gasteiger partial charge in [0.05, 0.1) is 5.56 Å². The van der Waals surface area contributed by atoms with E-state index in [-0.39, 0.29) is 11.3 Å². The van der Waals surface area contributed by atoms with Crippen LogP contribution in [-0.2, 0) is 12.7 Å².